The van der Waals surface area contributed by atoms with Gasteiger partial charge in [-0.05, 0) is 36.2 Å². The second kappa shape index (κ2) is 9.15. The van der Waals surface area contributed by atoms with E-state index in [2.05, 4.69) is 0 Å². The first-order valence-corrected chi connectivity index (χ1v) is 9.26. The molecule has 0 spiro atoms. The molecule has 0 aliphatic heterocycles. The van der Waals surface area contributed by atoms with Crippen LogP contribution in [-0.2, 0) is 4.79 Å². The van der Waals surface area contributed by atoms with Crippen LogP contribution < -0.4 is 4.74 Å². The number of amides is 1. The van der Waals surface area contributed by atoms with Gasteiger partial charge in [-0.15, -0.1) is 0 Å². The summed E-state index contributed by atoms with van der Waals surface area (Å²) in [6.45, 7) is 1.06. The first-order valence-electron chi connectivity index (χ1n) is 9.26. The number of halogens is 1. The van der Waals surface area contributed by atoms with Gasteiger partial charge in [-0.25, -0.2) is 4.39 Å². The van der Waals surface area contributed by atoms with Crippen molar-refractivity contribution in [3.63, 3.8) is 0 Å². The second-order valence-corrected chi connectivity index (χ2v) is 6.71. The molecule has 0 saturated carbocycles. The number of rotatable bonds is 7. The summed E-state index contributed by atoms with van der Waals surface area (Å²) in [5.74, 6) is -0.927. The van der Waals surface area contributed by atoms with Gasteiger partial charge in [0.15, 0.2) is 12.4 Å². The molecule has 0 unspecified atom stereocenters. The lowest BCUT2D eigenvalue weighted by atomic mass is 9.97. The van der Waals surface area contributed by atoms with E-state index in [1.54, 1.807) is 11.9 Å². The molecule has 0 N–H and O–H groups in total. The number of ketones is 1. The Labute approximate surface area is 169 Å². The van der Waals surface area contributed by atoms with Crippen molar-refractivity contribution in [2.24, 2.45) is 0 Å². The topological polar surface area (TPSA) is 46.6 Å². The molecule has 0 aliphatic rings. The molecule has 148 valence electrons. The van der Waals surface area contributed by atoms with Gasteiger partial charge in [-0.3, -0.25) is 9.59 Å². The number of carbonyl (C=O) groups is 2. The number of likely N-dealkylation sites (N-methyl/N-ethyl adjacent to an activating group) is 1. The van der Waals surface area contributed by atoms with Gasteiger partial charge in [-0.1, -0.05) is 60.7 Å². The first-order chi connectivity index (χ1) is 14.0. The molecule has 5 heteroatoms. The number of hydrogen-bond donors (Lipinski definition) is 0. The van der Waals surface area contributed by atoms with Crippen LogP contribution in [0.4, 0.5) is 4.39 Å². The maximum atomic E-state index is 13.4. The van der Waals surface area contributed by atoms with Gasteiger partial charge >= 0.3 is 0 Å². The van der Waals surface area contributed by atoms with Gasteiger partial charge < -0.3 is 9.64 Å². The fourth-order valence-corrected chi connectivity index (χ4v) is 3.20. The van der Waals surface area contributed by atoms with Gasteiger partial charge in [0.25, 0.3) is 5.91 Å². The minimum Gasteiger partial charge on any atom is -0.483 e. The van der Waals surface area contributed by atoms with E-state index in [4.69, 9.17) is 4.74 Å². The van der Waals surface area contributed by atoms with Gasteiger partial charge in [0.2, 0.25) is 0 Å². The number of nitrogens with zero attached hydrogens (tertiary/aromatic N) is 1. The highest BCUT2D eigenvalue weighted by molar-refractivity contribution is 5.96. The van der Waals surface area contributed by atoms with Crippen LogP contribution in [0.15, 0.2) is 78.9 Å². The molecular weight excluding hydrogens is 369 g/mol. The SMILES string of the molecule is CC(=O)c1cc(F)ccc1OCC(=O)N(C)C(c1ccccc1)c1ccccc1. The van der Waals surface area contributed by atoms with Crippen molar-refractivity contribution in [3.8, 4) is 5.75 Å². The summed E-state index contributed by atoms with van der Waals surface area (Å²) in [6, 6.07) is 22.8. The van der Waals surface area contributed by atoms with Crippen LogP contribution in [0.5, 0.6) is 5.75 Å². The highest BCUT2D eigenvalue weighted by Crippen LogP contribution is 2.28. The summed E-state index contributed by atoms with van der Waals surface area (Å²) in [4.78, 5) is 26.2. The third-order valence-corrected chi connectivity index (χ3v) is 4.68. The minimum atomic E-state index is -0.529. The summed E-state index contributed by atoms with van der Waals surface area (Å²) in [5.41, 5.74) is 2.06. The molecular formula is C24H22FNO3. The van der Waals surface area contributed by atoms with Crippen LogP contribution in [-0.4, -0.2) is 30.2 Å². The third kappa shape index (κ3) is 4.88. The summed E-state index contributed by atoms with van der Waals surface area (Å²) in [6.07, 6.45) is 0. The Bertz CT molecular complexity index is 950. The Morgan fingerprint density at radius 2 is 1.48 bits per heavy atom. The van der Waals surface area contributed by atoms with Crippen LogP contribution in [0.2, 0.25) is 0 Å². The van der Waals surface area contributed by atoms with E-state index in [-0.39, 0.29) is 35.7 Å². The van der Waals surface area contributed by atoms with Gasteiger partial charge in [0.05, 0.1) is 11.6 Å². The van der Waals surface area contributed by atoms with Crippen molar-refractivity contribution in [1.29, 1.82) is 0 Å². The molecule has 0 aromatic heterocycles. The molecule has 0 radical (unpaired) electrons. The zero-order valence-electron chi connectivity index (χ0n) is 16.3. The van der Waals surface area contributed by atoms with E-state index in [9.17, 15) is 14.0 Å². The van der Waals surface area contributed by atoms with E-state index < -0.39 is 5.82 Å². The van der Waals surface area contributed by atoms with E-state index in [1.165, 1.54) is 19.1 Å². The van der Waals surface area contributed by atoms with Crippen molar-refractivity contribution in [1.82, 2.24) is 4.90 Å². The molecule has 1 amide bonds. The molecule has 0 atom stereocenters. The molecule has 0 aliphatic carbocycles. The van der Waals surface area contributed by atoms with E-state index in [0.29, 0.717) is 0 Å². The van der Waals surface area contributed by atoms with E-state index in [1.807, 2.05) is 60.7 Å². The number of Topliss-reactive ketones (excluding diaryl/α,β-unsaturated/α-hetero) is 1. The molecule has 29 heavy (non-hydrogen) atoms. The smallest absolute Gasteiger partial charge is 0.261 e. The van der Waals surface area contributed by atoms with Gasteiger partial charge in [0.1, 0.15) is 11.6 Å². The summed E-state index contributed by atoms with van der Waals surface area (Å²) in [5, 5.41) is 0. The fraction of sp³-hybridized carbons (Fsp3) is 0.167. The Morgan fingerprint density at radius 3 is 2.00 bits per heavy atom. The zero-order valence-corrected chi connectivity index (χ0v) is 16.3. The monoisotopic (exact) mass is 391 g/mol. The summed E-state index contributed by atoms with van der Waals surface area (Å²) in [7, 11) is 1.72. The third-order valence-electron chi connectivity index (χ3n) is 4.68. The summed E-state index contributed by atoms with van der Waals surface area (Å²) < 4.78 is 19.0. The van der Waals surface area contributed by atoms with Crippen LogP contribution in [0.3, 0.4) is 0 Å². The zero-order chi connectivity index (χ0) is 20.8. The molecule has 3 aromatic rings. The molecule has 0 bridgehead atoms. The van der Waals surface area contributed by atoms with Crippen LogP contribution >= 0.6 is 0 Å². The van der Waals surface area contributed by atoms with Crippen molar-refractivity contribution < 1.29 is 18.7 Å². The van der Waals surface area contributed by atoms with Crippen LogP contribution in [0.1, 0.15) is 34.5 Å². The Morgan fingerprint density at radius 1 is 0.931 bits per heavy atom. The number of hydrogen-bond acceptors (Lipinski definition) is 3. The van der Waals surface area contributed by atoms with Crippen LogP contribution in [0, 0.1) is 5.82 Å². The quantitative estimate of drug-likeness (QED) is 0.551. The van der Waals surface area contributed by atoms with Gasteiger partial charge in [0, 0.05) is 7.05 Å². The lowest BCUT2D eigenvalue weighted by Crippen LogP contribution is -2.35. The highest BCUT2D eigenvalue weighted by Gasteiger charge is 2.24. The minimum absolute atomic E-state index is 0.114. The summed E-state index contributed by atoms with van der Waals surface area (Å²) >= 11 is 0. The fourth-order valence-electron chi connectivity index (χ4n) is 3.20. The van der Waals surface area contributed by atoms with Crippen LogP contribution in [0.25, 0.3) is 0 Å². The number of benzene rings is 3. The molecule has 3 aromatic carbocycles. The van der Waals surface area contributed by atoms with Crippen molar-refractivity contribution in [3.05, 3.63) is 101 Å². The lowest BCUT2D eigenvalue weighted by molar-refractivity contribution is -0.133. The molecule has 0 heterocycles. The maximum absolute atomic E-state index is 13.4. The lowest BCUT2D eigenvalue weighted by Gasteiger charge is -2.29. The normalized spacial score (nSPS) is 10.6. The Kier molecular flexibility index (Phi) is 6.39. The molecule has 0 saturated heterocycles. The molecule has 4 nitrogen and oxygen atoms in total. The average Bonchev–Trinajstić information content (AvgIpc) is 2.74. The van der Waals surface area contributed by atoms with Crippen molar-refractivity contribution in [2.75, 3.05) is 13.7 Å². The predicted molar refractivity (Wildman–Crippen MR) is 109 cm³/mol. The van der Waals surface area contributed by atoms with E-state index >= 15 is 0 Å². The Hall–Kier alpha value is -3.47. The molecule has 0 fully saturated rings. The standard InChI is InChI=1S/C24H22FNO3/c1-17(27)21-15-20(25)13-14-22(21)29-16-23(28)26(2)24(18-9-5-3-6-10-18)19-11-7-4-8-12-19/h3-15,24H,16H2,1-2H3. The largest absolute Gasteiger partial charge is 0.483 e. The predicted octanol–water partition coefficient (Wildman–Crippen LogP) is 4.66. The first kappa shape index (κ1) is 20.3. The second-order valence-electron chi connectivity index (χ2n) is 6.71. The Balaban J connectivity index is 1.81. The van der Waals surface area contributed by atoms with Crippen molar-refractivity contribution in [2.45, 2.75) is 13.0 Å². The number of ether oxygens (including phenoxy) is 1. The van der Waals surface area contributed by atoms with Gasteiger partial charge in [-0.2, -0.15) is 0 Å². The molecule has 3 rings (SSSR count). The number of carbonyl (C=O) groups excluding carboxylic acids is 2. The van der Waals surface area contributed by atoms with E-state index in [0.717, 1.165) is 17.2 Å². The highest BCUT2D eigenvalue weighted by atomic mass is 19.1. The maximum Gasteiger partial charge on any atom is 0.261 e. The van der Waals surface area contributed by atoms with Crippen molar-refractivity contribution >= 4 is 11.7 Å². The average molecular weight is 391 g/mol.